The lowest BCUT2D eigenvalue weighted by Crippen LogP contribution is -1.95. The molecule has 0 spiro atoms. The minimum atomic E-state index is 0.638. The highest BCUT2D eigenvalue weighted by molar-refractivity contribution is 9.10. The molecular formula is C15H11BrClN3. The van der Waals surface area contributed by atoms with Gasteiger partial charge in [-0.1, -0.05) is 27.5 Å². The van der Waals surface area contributed by atoms with Gasteiger partial charge in [0.2, 0.25) is 0 Å². The van der Waals surface area contributed by atoms with E-state index in [1.807, 2.05) is 48.5 Å². The van der Waals surface area contributed by atoms with E-state index in [2.05, 4.69) is 26.2 Å². The third-order valence-corrected chi connectivity index (χ3v) is 3.71. The average Bonchev–Trinajstić information content (AvgIpc) is 2.42. The minimum Gasteiger partial charge on any atom is -0.399 e. The fraction of sp³-hybridized carbons (Fsp3) is 0. The minimum absolute atomic E-state index is 0.638. The lowest BCUT2D eigenvalue weighted by molar-refractivity contribution is 1.37. The molecule has 1 aromatic heterocycles. The highest BCUT2D eigenvalue weighted by Crippen LogP contribution is 2.28. The van der Waals surface area contributed by atoms with E-state index in [-0.39, 0.29) is 0 Å². The van der Waals surface area contributed by atoms with Crippen molar-refractivity contribution in [2.45, 2.75) is 0 Å². The first-order chi connectivity index (χ1) is 9.61. The summed E-state index contributed by atoms with van der Waals surface area (Å²) < 4.78 is 0.940. The Morgan fingerprint density at radius 1 is 1.05 bits per heavy atom. The van der Waals surface area contributed by atoms with Crippen LogP contribution in [0.1, 0.15) is 0 Å². The fourth-order valence-corrected chi connectivity index (χ4v) is 2.66. The first-order valence-electron chi connectivity index (χ1n) is 6.00. The van der Waals surface area contributed by atoms with Gasteiger partial charge in [-0.25, -0.2) is 4.98 Å². The van der Waals surface area contributed by atoms with Crippen LogP contribution >= 0.6 is 27.5 Å². The summed E-state index contributed by atoms with van der Waals surface area (Å²) in [7, 11) is 0. The summed E-state index contributed by atoms with van der Waals surface area (Å²) >= 11 is 9.56. The van der Waals surface area contributed by atoms with Gasteiger partial charge < -0.3 is 11.1 Å². The van der Waals surface area contributed by atoms with E-state index in [1.165, 1.54) is 0 Å². The lowest BCUT2D eigenvalue weighted by Gasteiger charge is -2.09. The predicted molar refractivity (Wildman–Crippen MR) is 88.6 cm³/mol. The van der Waals surface area contributed by atoms with Crippen LogP contribution in [0.15, 0.2) is 53.0 Å². The van der Waals surface area contributed by atoms with Crippen LogP contribution in [0.3, 0.4) is 0 Å². The second kappa shape index (κ2) is 5.31. The number of anilines is 3. The Kier molecular flexibility index (Phi) is 3.51. The third-order valence-electron chi connectivity index (χ3n) is 2.91. The Morgan fingerprint density at radius 3 is 2.70 bits per heavy atom. The SMILES string of the molecule is Nc1ccc2nc(Nc3ccc(Br)cc3Cl)ccc2c1. The Hall–Kier alpha value is -1.78. The fourth-order valence-electron chi connectivity index (χ4n) is 1.94. The summed E-state index contributed by atoms with van der Waals surface area (Å²) in [5.41, 5.74) is 8.19. The van der Waals surface area contributed by atoms with Crippen molar-refractivity contribution in [1.82, 2.24) is 4.98 Å². The van der Waals surface area contributed by atoms with Gasteiger partial charge in [-0.2, -0.15) is 0 Å². The number of benzene rings is 2. The van der Waals surface area contributed by atoms with Crippen LogP contribution in [0.2, 0.25) is 5.02 Å². The molecule has 3 rings (SSSR count). The topological polar surface area (TPSA) is 50.9 Å². The van der Waals surface area contributed by atoms with Gasteiger partial charge in [-0.15, -0.1) is 0 Å². The molecule has 0 saturated carbocycles. The zero-order valence-electron chi connectivity index (χ0n) is 10.4. The first-order valence-corrected chi connectivity index (χ1v) is 7.17. The molecule has 0 fully saturated rings. The van der Waals surface area contributed by atoms with Crippen LogP contribution in [-0.2, 0) is 0 Å². The average molecular weight is 349 g/mol. The van der Waals surface area contributed by atoms with Gasteiger partial charge in [0, 0.05) is 15.5 Å². The van der Waals surface area contributed by atoms with Crippen molar-refractivity contribution >= 4 is 55.6 Å². The number of rotatable bonds is 2. The number of halogens is 2. The van der Waals surface area contributed by atoms with Gasteiger partial charge in [0.05, 0.1) is 16.2 Å². The maximum atomic E-state index is 6.18. The second-order valence-electron chi connectivity index (χ2n) is 4.40. The number of fused-ring (bicyclic) bond motifs is 1. The van der Waals surface area contributed by atoms with Crippen molar-refractivity contribution in [3.63, 3.8) is 0 Å². The quantitative estimate of drug-likeness (QED) is 0.642. The molecule has 0 atom stereocenters. The summed E-state index contributed by atoms with van der Waals surface area (Å²) in [6.45, 7) is 0. The summed E-state index contributed by atoms with van der Waals surface area (Å²) in [5, 5.41) is 4.86. The molecular weight excluding hydrogens is 338 g/mol. The molecule has 3 aromatic rings. The van der Waals surface area contributed by atoms with E-state index in [0.29, 0.717) is 5.02 Å². The number of nitrogens with zero attached hydrogens (tertiary/aromatic N) is 1. The first kappa shape index (κ1) is 13.2. The molecule has 1 heterocycles. The van der Waals surface area contributed by atoms with Crippen LogP contribution in [-0.4, -0.2) is 4.98 Å². The molecule has 20 heavy (non-hydrogen) atoms. The molecule has 3 N–H and O–H groups in total. The maximum absolute atomic E-state index is 6.18. The molecule has 0 unspecified atom stereocenters. The number of hydrogen-bond acceptors (Lipinski definition) is 3. The lowest BCUT2D eigenvalue weighted by atomic mass is 10.2. The van der Waals surface area contributed by atoms with E-state index in [1.54, 1.807) is 0 Å². The molecule has 2 aromatic carbocycles. The monoisotopic (exact) mass is 347 g/mol. The number of aromatic nitrogens is 1. The predicted octanol–water partition coefficient (Wildman–Crippen LogP) is 4.98. The van der Waals surface area contributed by atoms with E-state index < -0.39 is 0 Å². The van der Waals surface area contributed by atoms with Gasteiger partial charge >= 0.3 is 0 Å². The number of pyridine rings is 1. The van der Waals surface area contributed by atoms with Crippen LogP contribution in [0, 0.1) is 0 Å². The molecule has 0 aliphatic heterocycles. The molecule has 0 aliphatic carbocycles. The van der Waals surface area contributed by atoms with Crippen LogP contribution in [0.5, 0.6) is 0 Å². The van der Waals surface area contributed by atoms with Crippen molar-refractivity contribution in [1.29, 1.82) is 0 Å². The van der Waals surface area contributed by atoms with E-state index in [0.717, 1.165) is 32.6 Å². The zero-order chi connectivity index (χ0) is 14.1. The van der Waals surface area contributed by atoms with Crippen molar-refractivity contribution < 1.29 is 0 Å². The Bertz CT molecular complexity index is 789. The third kappa shape index (κ3) is 2.71. The summed E-state index contributed by atoms with van der Waals surface area (Å²) in [5.74, 6) is 0.742. The zero-order valence-corrected chi connectivity index (χ0v) is 12.7. The molecule has 3 nitrogen and oxygen atoms in total. The Morgan fingerprint density at radius 2 is 1.90 bits per heavy atom. The van der Waals surface area contributed by atoms with Gasteiger partial charge in [0.15, 0.2) is 0 Å². The van der Waals surface area contributed by atoms with Crippen molar-refractivity contribution in [2.75, 3.05) is 11.1 Å². The number of nitrogen functional groups attached to an aromatic ring is 1. The maximum Gasteiger partial charge on any atom is 0.131 e. The van der Waals surface area contributed by atoms with E-state index in [9.17, 15) is 0 Å². The smallest absolute Gasteiger partial charge is 0.131 e. The molecule has 5 heteroatoms. The van der Waals surface area contributed by atoms with Crippen LogP contribution < -0.4 is 11.1 Å². The summed E-state index contributed by atoms with van der Waals surface area (Å²) in [4.78, 5) is 4.54. The summed E-state index contributed by atoms with van der Waals surface area (Å²) in [6.07, 6.45) is 0. The van der Waals surface area contributed by atoms with Gasteiger partial charge in [-0.3, -0.25) is 0 Å². The largest absolute Gasteiger partial charge is 0.399 e. The molecule has 100 valence electrons. The summed E-state index contributed by atoms with van der Waals surface area (Å²) in [6, 6.07) is 15.2. The van der Waals surface area contributed by atoms with Crippen LogP contribution in [0.25, 0.3) is 10.9 Å². The van der Waals surface area contributed by atoms with Gasteiger partial charge in [-0.05, 0) is 48.5 Å². The van der Waals surface area contributed by atoms with E-state index in [4.69, 9.17) is 17.3 Å². The number of hydrogen-bond donors (Lipinski definition) is 2. The van der Waals surface area contributed by atoms with Crippen molar-refractivity contribution in [2.24, 2.45) is 0 Å². The normalized spacial score (nSPS) is 10.7. The highest BCUT2D eigenvalue weighted by Gasteiger charge is 2.03. The van der Waals surface area contributed by atoms with E-state index >= 15 is 0 Å². The van der Waals surface area contributed by atoms with Crippen molar-refractivity contribution in [3.05, 3.63) is 58.0 Å². The second-order valence-corrected chi connectivity index (χ2v) is 5.72. The van der Waals surface area contributed by atoms with Gasteiger partial charge in [0.25, 0.3) is 0 Å². The van der Waals surface area contributed by atoms with Gasteiger partial charge in [0.1, 0.15) is 5.82 Å². The highest BCUT2D eigenvalue weighted by atomic mass is 79.9. The molecule has 0 saturated heterocycles. The number of nitrogens with two attached hydrogens (primary N) is 1. The van der Waals surface area contributed by atoms with Crippen molar-refractivity contribution in [3.8, 4) is 0 Å². The molecule has 0 amide bonds. The Balaban J connectivity index is 1.96. The Labute approximate surface area is 129 Å². The molecule has 0 bridgehead atoms. The molecule has 0 radical (unpaired) electrons. The van der Waals surface area contributed by atoms with Crippen LogP contribution in [0.4, 0.5) is 17.2 Å². The molecule has 0 aliphatic rings. The standard InChI is InChI=1S/C15H11BrClN3/c16-10-2-4-14(12(17)8-10)20-15-6-1-9-7-11(18)3-5-13(9)19-15/h1-8H,18H2,(H,19,20). The number of nitrogens with one attached hydrogen (secondary N) is 1.